The van der Waals surface area contributed by atoms with Gasteiger partial charge in [-0.05, 0) is 25.0 Å². The van der Waals surface area contributed by atoms with Crippen LogP contribution in [0.25, 0.3) is 0 Å². The number of methoxy groups -OCH3 is 1. The van der Waals surface area contributed by atoms with Crippen molar-refractivity contribution in [3.8, 4) is 5.75 Å². The van der Waals surface area contributed by atoms with E-state index in [9.17, 15) is 0 Å². The first-order valence-corrected chi connectivity index (χ1v) is 7.38. The highest BCUT2D eigenvalue weighted by molar-refractivity contribution is 7.80. The van der Waals surface area contributed by atoms with Crippen molar-refractivity contribution in [2.75, 3.05) is 33.4 Å². The number of hydrogen-bond acceptors (Lipinski definition) is 4. The van der Waals surface area contributed by atoms with Gasteiger partial charge in [0.25, 0.3) is 0 Å². The third kappa shape index (κ3) is 4.16. The summed E-state index contributed by atoms with van der Waals surface area (Å²) in [4.78, 5) is 2.78. The number of hydrogen-bond donors (Lipinski definition) is 1. The lowest BCUT2D eigenvalue weighted by atomic mass is 10.1. The molecule has 2 rings (SSSR count). The van der Waals surface area contributed by atoms with Crippen molar-refractivity contribution in [1.82, 2.24) is 4.90 Å². The van der Waals surface area contributed by atoms with Crippen molar-refractivity contribution in [2.24, 2.45) is 5.73 Å². The molecule has 2 N–H and O–H groups in total. The maximum atomic E-state index is 5.81. The highest BCUT2D eigenvalue weighted by Crippen LogP contribution is 2.18. The third-order valence-corrected chi connectivity index (χ3v) is 3.91. The largest absolute Gasteiger partial charge is 0.492 e. The quantitative estimate of drug-likeness (QED) is 0.811. The highest BCUT2D eigenvalue weighted by Gasteiger charge is 2.18. The topological polar surface area (TPSA) is 47.7 Å². The Morgan fingerprint density at radius 2 is 2.05 bits per heavy atom. The fourth-order valence-corrected chi connectivity index (χ4v) is 2.62. The molecule has 4 nitrogen and oxygen atoms in total. The first-order valence-electron chi connectivity index (χ1n) is 6.97. The number of thiocarbonyl (C=S) groups is 1. The van der Waals surface area contributed by atoms with E-state index in [-0.39, 0.29) is 0 Å². The molecule has 1 aliphatic rings. The molecule has 1 saturated heterocycles. The van der Waals surface area contributed by atoms with Gasteiger partial charge in [0.15, 0.2) is 0 Å². The molecular weight excluding hydrogens is 272 g/mol. The van der Waals surface area contributed by atoms with Gasteiger partial charge in [0.1, 0.15) is 17.3 Å². The molecule has 1 fully saturated rings. The molecular formula is C15H22N2O2S. The molecule has 0 unspecified atom stereocenters. The number of piperidine rings is 1. The second-order valence-electron chi connectivity index (χ2n) is 4.99. The van der Waals surface area contributed by atoms with E-state index in [0.717, 1.165) is 43.8 Å². The van der Waals surface area contributed by atoms with Crippen LogP contribution in [0.2, 0.25) is 0 Å². The molecule has 1 heterocycles. The van der Waals surface area contributed by atoms with Crippen LogP contribution in [-0.4, -0.2) is 49.3 Å². The van der Waals surface area contributed by atoms with Crippen molar-refractivity contribution in [3.63, 3.8) is 0 Å². The van der Waals surface area contributed by atoms with Gasteiger partial charge in [0, 0.05) is 26.7 Å². The second kappa shape index (κ2) is 7.57. The van der Waals surface area contributed by atoms with E-state index in [4.69, 9.17) is 27.4 Å². The van der Waals surface area contributed by atoms with Crippen LogP contribution >= 0.6 is 12.2 Å². The molecule has 5 heteroatoms. The van der Waals surface area contributed by atoms with Crippen LogP contribution < -0.4 is 10.5 Å². The van der Waals surface area contributed by atoms with Crippen molar-refractivity contribution < 1.29 is 9.47 Å². The number of benzene rings is 1. The average Bonchev–Trinajstić information content (AvgIpc) is 2.48. The molecule has 0 saturated carbocycles. The third-order valence-electron chi connectivity index (χ3n) is 3.69. The minimum absolute atomic E-state index is 0.376. The Morgan fingerprint density at radius 1 is 1.35 bits per heavy atom. The first kappa shape index (κ1) is 15.2. The molecule has 1 aromatic rings. The van der Waals surface area contributed by atoms with Crippen molar-refractivity contribution >= 4 is 17.2 Å². The van der Waals surface area contributed by atoms with Gasteiger partial charge in [-0.2, -0.15) is 0 Å². The van der Waals surface area contributed by atoms with E-state index < -0.39 is 0 Å². The maximum absolute atomic E-state index is 5.81. The van der Waals surface area contributed by atoms with E-state index in [2.05, 4.69) is 4.90 Å². The lowest BCUT2D eigenvalue weighted by Gasteiger charge is -2.31. The monoisotopic (exact) mass is 294 g/mol. The fourth-order valence-electron chi connectivity index (χ4n) is 2.45. The molecule has 1 aliphatic heterocycles. The van der Waals surface area contributed by atoms with Crippen LogP contribution in [0.3, 0.4) is 0 Å². The zero-order chi connectivity index (χ0) is 14.4. The van der Waals surface area contributed by atoms with E-state index in [0.29, 0.717) is 17.7 Å². The summed E-state index contributed by atoms with van der Waals surface area (Å²) in [5.41, 5.74) is 6.49. The lowest BCUT2D eigenvalue weighted by molar-refractivity contribution is 0.0375. The van der Waals surface area contributed by atoms with Gasteiger partial charge in [0.2, 0.25) is 0 Å². The number of nitrogens with two attached hydrogens (primary N) is 1. The Balaban J connectivity index is 1.78. The van der Waals surface area contributed by atoms with Gasteiger partial charge < -0.3 is 15.2 Å². The summed E-state index contributed by atoms with van der Waals surface area (Å²) in [6, 6.07) is 7.64. The molecule has 110 valence electrons. The zero-order valence-corrected chi connectivity index (χ0v) is 12.7. The minimum atomic E-state index is 0.376. The summed E-state index contributed by atoms with van der Waals surface area (Å²) >= 11 is 5.02. The number of ether oxygens (including phenoxy) is 2. The molecule has 0 spiro atoms. The van der Waals surface area contributed by atoms with Crippen LogP contribution in [0.4, 0.5) is 0 Å². The summed E-state index contributed by atoms with van der Waals surface area (Å²) in [6.07, 6.45) is 2.61. The Hall–Kier alpha value is -1.17. The molecule has 20 heavy (non-hydrogen) atoms. The average molecular weight is 294 g/mol. The molecule has 1 aromatic carbocycles. The Kier molecular flexibility index (Phi) is 5.76. The molecule has 0 radical (unpaired) electrons. The lowest BCUT2D eigenvalue weighted by Crippen LogP contribution is -2.38. The Bertz CT molecular complexity index is 445. The van der Waals surface area contributed by atoms with Crippen LogP contribution in [0, 0.1) is 0 Å². The number of nitrogens with zero attached hydrogens (tertiary/aromatic N) is 1. The minimum Gasteiger partial charge on any atom is -0.492 e. The van der Waals surface area contributed by atoms with E-state index in [1.54, 1.807) is 7.11 Å². The predicted octanol–water partition coefficient (Wildman–Crippen LogP) is 1.81. The molecule has 0 amide bonds. The molecule has 0 aliphatic carbocycles. The van der Waals surface area contributed by atoms with Gasteiger partial charge in [-0.15, -0.1) is 0 Å². The maximum Gasteiger partial charge on any atom is 0.129 e. The van der Waals surface area contributed by atoms with Gasteiger partial charge >= 0.3 is 0 Å². The molecule has 0 atom stereocenters. The van der Waals surface area contributed by atoms with Gasteiger partial charge in [-0.25, -0.2) is 0 Å². The molecule has 0 bridgehead atoms. The Morgan fingerprint density at radius 3 is 2.70 bits per heavy atom. The SMILES string of the molecule is COC1CCN(CCOc2ccccc2C(N)=S)CC1. The standard InChI is InChI=1S/C15H22N2O2S/c1-18-12-6-8-17(9-7-12)10-11-19-14-5-3-2-4-13(14)15(16)20/h2-5,12H,6-11H2,1H3,(H2,16,20). The van der Waals surface area contributed by atoms with Crippen LogP contribution in [0.15, 0.2) is 24.3 Å². The van der Waals surface area contributed by atoms with E-state index in [1.165, 1.54) is 0 Å². The Labute approximate surface area is 125 Å². The summed E-state index contributed by atoms with van der Waals surface area (Å²) < 4.78 is 11.2. The van der Waals surface area contributed by atoms with Crippen LogP contribution in [-0.2, 0) is 4.74 Å². The number of likely N-dealkylation sites (tertiary alicyclic amines) is 1. The normalized spacial score (nSPS) is 17.1. The van der Waals surface area contributed by atoms with Crippen molar-refractivity contribution in [3.05, 3.63) is 29.8 Å². The van der Waals surface area contributed by atoms with E-state index >= 15 is 0 Å². The van der Waals surface area contributed by atoms with E-state index in [1.807, 2.05) is 24.3 Å². The first-order chi connectivity index (χ1) is 9.70. The number of rotatable bonds is 6. The predicted molar refractivity (Wildman–Crippen MR) is 84.3 cm³/mol. The summed E-state index contributed by atoms with van der Waals surface area (Å²) in [7, 11) is 1.79. The summed E-state index contributed by atoms with van der Waals surface area (Å²) in [5.74, 6) is 0.770. The summed E-state index contributed by atoms with van der Waals surface area (Å²) in [5, 5.41) is 0. The van der Waals surface area contributed by atoms with Gasteiger partial charge in [-0.3, -0.25) is 4.90 Å². The number of para-hydroxylation sites is 1. The zero-order valence-electron chi connectivity index (χ0n) is 11.9. The van der Waals surface area contributed by atoms with Crippen LogP contribution in [0.1, 0.15) is 18.4 Å². The summed E-state index contributed by atoms with van der Waals surface area (Å²) in [6.45, 7) is 3.71. The van der Waals surface area contributed by atoms with Crippen molar-refractivity contribution in [2.45, 2.75) is 18.9 Å². The fraction of sp³-hybridized carbons (Fsp3) is 0.533. The van der Waals surface area contributed by atoms with Gasteiger partial charge in [-0.1, -0.05) is 24.4 Å². The highest BCUT2D eigenvalue weighted by atomic mass is 32.1. The van der Waals surface area contributed by atoms with Crippen molar-refractivity contribution in [1.29, 1.82) is 0 Å². The second-order valence-corrected chi connectivity index (χ2v) is 5.43. The smallest absolute Gasteiger partial charge is 0.129 e. The molecule has 0 aromatic heterocycles. The van der Waals surface area contributed by atoms with Crippen LogP contribution in [0.5, 0.6) is 5.75 Å². The van der Waals surface area contributed by atoms with Gasteiger partial charge in [0.05, 0.1) is 11.7 Å².